The minimum Gasteiger partial charge on any atom is -0.489 e. The van der Waals surface area contributed by atoms with E-state index in [0.717, 1.165) is 11.3 Å². The van der Waals surface area contributed by atoms with Gasteiger partial charge in [-0.05, 0) is 53.6 Å². The fraction of sp³-hybridized carbons (Fsp3) is 0.294. The number of aryl methyl sites for hydroxylation is 2. The Bertz CT molecular complexity index is 624. The summed E-state index contributed by atoms with van der Waals surface area (Å²) in [4.78, 5) is 0. The molecule has 0 atom stereocenters. The van der Waals surface area contributed by atoms with Gasteiger partial charge < -0.3 is 10.5 Å². The van der Waals surface area contributed by atoms with Crippen molar-refractivity contribution < 1.29 is 4.74 Å². The second-order valence-electron chi connectivity index (χ2n) is 5.20. The van der Waals surface area contributed by atoms with Gasteiger partial charge in [-0.2, -0.15) is 0 Å². The van der Waals surface area contributed by atoms with Crippen LogP contribution in [0.5, 0.6) is 5.75 Å². The Morgan fingerprint density at radius 1 is 1.05 bits per heavy atom. The number of ether oxygens (including phenoxy) is 1. The standard InChI is InChI=1S/C17H18ClNO/c18-17-9-16(7-6-15(17)10-19)20-11-12-4-5-13-2-1-3-14(13)8-12/h4-9H,1-3,10-11,19H2. The molecule has 2 N–H and O–H groups in total. The maximum atomic E-state index is 6.13. The van der Waals surface area contributed by atoms with Crippen molar-refractivity contribution >= 4 is 11.6 Å². The van der Waals surface area contributed by atoms with E-state index in [4.69, 9.17) is 22.1 Å². The van der Waals surface area contributed by atoms with Gasteiger partial charge in [-0.15, -0.1) is 0 Å². The Morgan fingerprint density at radius 2 is 1.90 bits per heavy atom. The smallest absolute Gasteiger partial charge is 0.121 e. The maximum Gasteiger partial charge on any atom is 0.121 e. The molecule has 2 aromatic carbocycles. The minimum atomic E-state index is 0.448. The highest BCUT2D eigenvalue weighted by Gasteiger charge is 2.11. The van der Waals surface area contributed by atoms with E-state index >= 15 is 0 Å². The van der Waals surface area contributed by atoms with Gasteiger partial charge in [-0.25, -0.2) is 0 Å². The summed E-state index contributed by atoms with van der Waals surface area (Å²) in [6.07, 6.45) is 3.68. The van der Waals surface area contributed by atoms with Gasteiger partial charge in [0.25, 0.3) is 0 Å². The summed E-state index contributed by atoms with van der Waals surface area (Å²) in [5.74, 6) is 0.785. The first kappa shape index (κ1) is 13.5. The SMILES string of the molecule is NCc1ccc(OCc2ccc3c(c2)CCC3)cc1Cl. The molecular formula is C17H18ClNO. The van der Waals surface area contributed by atoms with Crippen LogP contribution in [0.1, 0.15) is 28.7 Å². The molecule has 1 aliphatic carbocycles. The van der Waals surface area contributed by atoms with Crippen molar-refractivity contribution in [2.45, 2.75) is 32.4 Å². The third kappa shape index (κ3) is 2.82. The van der Waals surface area contributed by atoms with E-state index in [1.165, 1.54) is 36.0 Å². The van der Waals surface area contributed by atoms with Gasteiger partial charge >= 0.3 is 0 Å². The molecule has 0 spiro atoms. The molecule has 1 aliphatic rings. The van der Waals surface area contributed by atoms with Crippen LogP contribution in [0.25, 0.3) is 0 Å². The maximum absolute atomic E-state index is 6.13. The number of halogens is 1. The topological polar surface area (TPSA) is 35.2 Å². The van der Waals surface area contributed by atoms with Crippen LogP contribution in [0.15, 0.2) is 36.4 Å². The monoisotopic (exact) mass is 287 g/mol. The Balaban J connectivity index is 1.69. The minimum absolute atomic E-state index is 0.448. The number of nitrogens with two attached hydrogens (primary N) is 1. The molecule has 3 rings (SSSR count). The first-order valence-corrected chi connectivity index (χ1v) is 7.36. The van der Waals surface area contributed by atoms with Crippen LogP contribution in [0.2, 0.25) is 5.02 Å². The molecule has 0 unspecified atom stereocenters. The number of rotatable bonds is 4. The van der Waals surface area contributed by atoms with Gasteiger partial charge in [0.2, 0.25) is 0 Å². The third-order valence-corrected chi connectivity index (χ3v) is 4.16. The second kappa shape index (κ2) is 5.86. The number of hydrogen-bond donors (Lipinski definition) is 1. The van der Waals surface area contributed by atoms with Crippen LogP contribution in [0, 0.1) is 0 Å². The molecule has 0 fully saturated rings. The van der Waals surface area contributed by atoms with E-state index < -0.39 is 0 Å². The second-order valence-corrected chi connectivity index (χ2v) is 5.61. The van der Waals surface area contributed by atoms with Gasteiger partial charge in [0.05, 0.1) is 0 Å². The van der Waals surface area contributed by atoms with E-state index in [1.807, 2.05) is 18.2 Å². The molecule has 0 aliphatic heterocycles. The summed E-state index contributed by atoms with van der Waals surface area (Å²) in [6.45, 7) is 1.02. The van der Waals surface area contributed by atoms with E-state index in [0.29, 0.717) is 18.2 Å². The van der Waals surface area contributed by atoms with Crippen molar-refractivity contribution in [1.82, 2.24) is 0 Å². The van der Waals surface area contributed by atoms with Gasteiger partial charge in [-0.1, -0.05) is 35.9 Å². The van der Waals surface area contributed by atoms with Crippen molar-refractivity contribution in [3.63, 3.8) is 0 Å². The highest BCUT2D eigenvalue weighted by molar-refractivity contribution is 6.31. The zero-order chi connectivity index (χ0) is 13.9. The van der Waals surface area contributed by atoms with Gasteiger partial charge in [0, 0.05) is 11.6 Å². The highest BCUT2D eigenvalue weighted by atomic mass is 35.5. The van der Waals surface area contributed by atoms with Gasteiger partial charge in [0.1, 0.15) is 12.4 Å². The van der Waals surface area contributed by atoms with Crippen LogP contribution in [-0.4, -0.2) is 0 Å². The van der Waals surface area contributed by atoms with Crippen LogP contribution in [-0.2, 0) is 26.0 Å². The molecule has 0 saturated carbocycles. The molecule has 2 aromatic rings. The number of benzene rings is 2. The summed E-state index contributed by atoms with van der Waals surface area (Å²) in [5.41, 5.74) is 10.7. The average molecular weight is 288 g/mol. The predicted molar refractivity (Wildman–Crippen MR) is 82.1 cm³/mol. The molecular weight excluding hydrogens is 270 g/mol. The van der Waals surface area contributed by atoms with Crippen LogP contribution >= 0.6 is 11.6 Å². The largest absolute Gasteiger partial charge is 0.489 e. The van der Waals surface area contributed by atoms with Crippen molar-refractivity contribution in [2.24, 2.45) is 5.73 Å². The number of fused-ring (bicyclic) bond motifs is 1. The van der Waals surface area contributed by atoms with Gasteiger partial charge in [-0.3, -0.25) is 0 Å². The molecule has 0 radical (unpaired) electrons. The molecule has 104 valence electrons. The lowest BCUT2D eigenvalue weighted by atomic mass is 10.1. The molecule has 20 heavy (non-hydrogen) atoms. The first-order valence-electron chi connectivity index (χ1n) is 6.98. The summed E-state index contributed by atoms with van der Waals surface area (Å²) in [6, 6.07) is 12.3. The lowest BCUT2D eigenvalue weighted by Gasteiger charge is -2.09. The molecule has 0 saturated heterocycles. The van der Waals surface area contributed by atoms with Crippen molar-refractivity contribution in [3.8, 4) is 5.75 Å². The average Bonchev–Trinajstić information content (AvgIpc) is 2.92. The zero-order valence-corrected chi connectivity index (χ0v) is 12.1. The van der Waals surface area contributed by atoms with E-state index in [2.05, 4.69) is 18.2 Å². The Hall–Kier alpha value is -1.51. The third-order valence-electron chi connectivity index (χ3n) is 3.81. The Morgan fingerprint density at radius 3 is 2.70 bits per heavy atom. The van der Waals surface area contributed by atoms with Crippen molar-refractivity contribution in [2.75, 3.05) is 0 Å². The molecule has 0 aromatic heterocycles. The molecule has 0 heterocycles. The molecule has 3 heteroatoms. The molecule has 0 amide bonds. The quantitative estimate of drug-likeness (QED) is 0.926. The summed E-state index contributed by atoms with van der Waals surface area (Å²) in [5, 5.41) is 0.666. The van der Waals surface area contributed by atoms with Crippen LogP contribution in [0.4, 0.5) is 0 Å². The molecule has 2 nitrogen and oxygen atoms in total. The lowest BCUT2D eigenvalue weighted by molar-refractivity contribution is 0.306. The molecule has 0 bridgehead atoms. The predicted octanol–water partition coefficient (Wildman–Crippen LogP) is 3.87. The normalized spacial score (nSPS) is 13.3. The Kier molecular flexibility index (Phi) is 3.95. The number of hydrogen-bond acceptors (Lipinski definition) is 2. The fourth-order valence-corrected chi connectivity index (χ4v) is 2.91. The lowest BCUT2D eigenvalue weighted by Crippen LogP contribution is -1.99. The highest BCUT2D eigenvalue weighted by Crippen LogP contribution is 2.25. The fourth-order valence-electron chi connectivity index (χ4n) is 2.66. The Labute approximate surface area is 124 Å². The summed E-state index contributed by atoms with van der Waals surface area (Å²) in [7, 11) is 0. The van der Waals surface area contributed by atoms with E-state index in [-0.39, 0.29) is 0 Å². The summed E-state index contributed by atoms with van der Waals surface area (Å²) < 4.78 is 5.81. The summed E-state index contributed by atoms with van der Waals surface area (Å²) >= 11 is 6.13. The van der Waals surface area contributed by atoms with E-state index in [9.17, 15) is 0 Å². The van der Waals surface area contributed by atoms with Gasteiger partial charge in [0.15, 0.2) is 0 Å². The van der Waals surface area contributed by atoms with Crippen molar-refractivity contribution in [1.29, 1.82) is 0 Å². The van der Waals surface area contributed by atoms with Crippen LogP contribution in [0.3, 0.4) is 0 Å². The van der Waals surface area contributed by atoms with Crippen LogP contribution < -0.4 is 10.5 Å². The first-order chi connectivity index (χ1) is 9.76. The van der Waals surface area contributed by atoms with E-state index in [1.54, 1.807) is 0 Å². The zero-order valence-electron chi connectivity index (χ0n) is 11.4. The van der Waals surface area contributed by atoms with Crippen molar-refractivity contribution in [3.05, 3.63) is 63.7 Å².